The molecule has 4 rings (SSSR count). The summed E-state index contributed by atoms with van der Waals surface area (Å²) in [6.07, 6.45) is 1.60. The van der Waals surface area contributed by atoms with E-state index in [1.165, 1.54) is 16.0 Å². The lowest BCUT2D eigenvalue weighted by Crippen LogP contribution is -2.19. The summed E-state index contributed by atoms with van der Waals surface area (Å²) in [6, 6.07) is 5.43. The van der Waals surface area contributed by atoms with E-state index >= 15 is 0 Å². The highest BCUT2D eigenvalue weighted by atomic mass is 79.9. The largest absolute Gasteiger partial charge is 0.454 e. The molecule has 6 nitrogen and oxygen atoms in total. The maximum absolute atomic E-state index is 12.4. The molecule has 2 aromatic heterocycles. The van der Waals surface area contributed by atoms with Crippen molar-refractivity contribution < 1.29 is 9.47 Å². The van der Waals surface area contributed by atoms with Gasteiger partial charge in [-0.2, -0.15) is 9.78 Å². The Balaban J connectivity index is 1.78. The molecule has 116 valence electrons. The number of thiophene rings is 1. The summed E-state index contributed by atoms with van der Waals surface area (Å²) in [7, 11) is 0. The Morgan fingerprint density at radius 1 is 1.43 bits per heavy atom. The molecule has 0 radical (unpaired) electrons. The Kier molecular flexibility index (Phi) is 3.42. The number of fused-ring (bicyclic) bond motifs is 2. The normalized spacial score (nSPS) is 13.3. The zero-order valence-electron chi connectivity index (χ0n) is 11.9. The second kappa shape index (κ2) is 5.47. The predicted molar refractivity (Wildman–Crippen MR) is 91.9 cm³/mol. The van der Waals surface area contributed by atoms with Crippen LogP contribution in [0.2, 0.25) is 0 Å². The summed E-state index contributed by atoms with van der Waals surface area (Å²) < 4.78 is 12.8. The van der Waals surface area contributed by atoms with Crippen molar-refractivity contribution in [2.75, 3.05) is 6.79 Å². The van der Waals surface area contributed by atoms with E-state index in [-0.39, 0.29) is 12.4 Å². The van der Waals surface area contributed by atoms with E-state index in [2.05, 4.69) is 26.0 Å². The molecule has 1 aromatic carbocycles. The van der Waals surface area contributed by atoms with Gasteiger partial charge in [-0.05, 0) is 52.0 Å². The molecular weight excluding hydrogens is 382 g/mol. The first kappa shape index (κ1) is 14.4. The summed E-state index contributed by atoms with van der Waals surface area (Å²) in [6.45, 7) is 1.96. The zero-order valence-corrected chi connectivity index (χ0v) is 14.3. The molecule has 0 atom stereocenters. The first-order valence-electron chi connectivity index (χ1n) is 6.74. The van der Waals surface area contributed by atoms with Gasteiger partial charge in [-0.1, -0.05) is 0 Å². The molecule has 0 saturated heterocycles. The van der Waals surface area contributed by atoms with Gasteiger partial charge in [0.15, 0.2) is 11.5 Å². The van der Waals surface area contributed by atoms with Crippen LogP contribution in [-0.2, 0) is 0 Å². The second-order valence-corrected chi connectivity index (χ2v) is 6.65. The van der Waals surface area contributed by atoms with Crippen LogP contribution in [-0.4, -0.2) is 22.7 Å². The summed E-state index contributed by atoms with van der Waals surface area (Å²) in [5.41, 5.74) is 0.614. The average molecular weight is 392 g/mol. The topological polar surface area (TPSA) is 65.7 Å². The Morgan fingerprint density at radius 2 is 2.30 bits per heavy atom. The van der Waals surface area contributed by atoms with Crippen LogP contribution in [0.1, 0.15) is 11.4 Å². The summed E-state index contributed by atoms with van der Waals surface area (Å²) in [4.78, 5) is 17.6. The summed E-state index contributed by atoms with van der Waals surface area (Å²) in [5, 5.41) is 6.70. The Morgan fingerprint density at radius 3 is 3.17 bits per heavy atom. The van der Waals surface area contributed by atoms with Crippen LogP contribution in [0.3, 0.4) is 0 Å². The smallest absolute Gasteiger partial charge is 0.282 e. The molecule has 3 heterocycles. The summed E-state index contributed by atoms with van der Waals surface area (Å²) in [5.74, 6) is 1.87. The predicted octanol–water partition coefficient (Wildman–Crippen LogP) is 3.14. The van der Waals surface area contributed by atoms with Gasteiger partial charge in [-0.15, -0.1) is 11.3 Å². The van der Waals surface area contributed by atoms with Crippen LogP contribution in [0.15, 0.2) is 37.9 Å². The number of hydrogen-bond acceptors (Lipinski definition) is 6. The van der Waals surface area contributed by atoms with Crippen LogP contribution in [0.5, 0.6) is 11.5 Å². The Bertz CT molecular complexity index is 1010. The fraction of sp³-hybridized carbons (Fsp3) is 0.133. The Hall–Kier alpha value is -2.19. The van der Waals surface area contributed by atoms with Gasteiger partial charge in [0.25, 0.3) is 5.56 Å². The number of hydrogen-bond donors (Lipinski definition) is 0. The van der Waals surface area contributed by atoms with Crippen LogP contribution in [0.25, 0.3) is 10.2 Å². The fourth-order valence-corrected chi connectivity index (χ4v) is 3.70. The van der Waals surface area contributed by atoms with E-state index in [9.17, 15) is 4.79 Å². The van der Waals surface area contributed by atoms with Crippen molar-refractivity contribution in [3.8, 4) is 11.5 Å². The van der Waals surface area contributed by atoms with Crippen LogP contribution in [0.4, 0.5) is 0 Å². The second-order valence-electron chi connectivity index (χ2n) is 4.90. The van der Waals surface area contributed by atoms with Gasteiger partial charge in [0.1, 0.15) is 10.7 Å². The molecule has 0 fully saturated rings. The van der Waals surface area contributed by atoms with Gasteiger partial charge in [-0.3, -0.25) is 4.79 Å². The van der Waals surface area contributed by atoms with Crippen molar-refractivity contribution in [2.24, 2.45) is 5.10 Å². The van der Waals surface area contributed by atoms with E-state index in [1.54, 1.807) is 19.2 Å². The highest BCUT2D eigenvalue weighted by Crippen LogP contribution is 2.39. The van der Waals surface area contributed by atoms with E-state index in [1.807, 2.05) is 17.5 Å². The molecular formula is C15H10BrN3O3S. The molecule has 0 unspecified atom stereocenters. The molecule has 1 aliphatic rings. The van der Waals surface area contributed by atoms with Crippen molar-refractivity contribution in [2.45, 2.75) is 6.92 Å². The van der Waals surface area contributed by atoms with Gasteiger partial charge in [0, 0.05) is 0 Å². The molecule has 0 amide bonds. The third-order valence-electron chi connectivity index (χ3n) is 3.41. The highest BCUT2D eigenvalue weighted by Gasteiger charge is 2.17. The minimum absolute atomic E-state index is 0.176. The quantitative estimate of drug-likeness (QED) is 0.629. The molecule has 0 saturated carbocycles. The zero-order chi connectivity index (χ0) is 16.0. The molecule has 8 heteroatoms. The van der Waals surface area contributed by atoms with E-state index in [4.69, 9.17) is 9.47 Å². The lowest BCUT2D eigenvalue weighted by molar-refractivity contribution is 0.173. The number of halogens is 1. The van der Waals surface area contributed by atoms with Crippen molar-refractivity contribution in [1.82, 2.24) is 9.66 Å². The third-order valence-corrected chi connectivity index (χ3v) is 4.80. The number of aromatic nitrogens is 2. The molecule has 0 aliphatic carbocycles. The van der Waals surface area contributed by atoms with Crippen molar-refractivity contribution >= 4 is 43.7 Å². The maximum atomic E-state index is 12.4. The lowest BCUT2D eigenvalue weighted by Gasteiger charge is -2.04. The van der Waals surface area contributed by atoms with Gasteiger partial charge in [-0.25, -0.2) is 4.98 Å². The van der Waals surface area contributed by atoms with Crippen molar-refractivity contribution in [1.29, 1.82) is 0 Å². The Labute approximate surface area is 143 Å². The lowest BCUT2D eigenvalue weighted by atomic mass is 10.2. The van der Waals surface area contributed by atoms with Gasteiger partial charge < -0.3 is 9.47 Å². The van der Waals surface area contributed by atoms with Crippen LogP contribution in [0, 0.1) is 6.92 Å². The minimum atomic E-state index is -0.176. The number of aryl methyl sites for hydroxylation is 1. The molecule has 0 spiro atoms. The van der Waals surface area contributed by atoms with Gasteiger partial charge >= 0.3 is 0 Å². The van der Waals surface area contributed by atoms with Gasteiger partial charge in [0.2, 0.25) is 6.79 Å². The molecule has 23 heavy (non-hydrogen) atoms. The van der Waals surface area contributed by atoms with E-state index < -0.39 is 0 Å². The molecule has 3 aromatic rings. The fourth-order valence-electron chi connectivity index (χ4n) is 2.33. The number of benzene rings is 1. The SMILES string of the molecule is Cc1nc2sccc2c(=O)n1N=Cc1cc(Br)c2c(c1)OCO2. The van der Waals surface area contributed by atoms with Crippen molar-refractivity contribution in [3.63, 3.8) is 0 Å². The third kappa shape index (κ3) is 2.43. The number of rotatable bonds is 2. The minimum Gasteiger partial charge on any atom is -0.454 e. The number of nitrogens with zero attached hydrogens (tertiary/aromatic N) is 3. The molecule has 0 N–H and O–H groups in total. The maximum Gasteiger partial charge on any atom is 0.282 e. The highest BCUT2D eigenvalue weighted by molar-refractivity contribution is 9.10. The van der Waals surface area contributed by atoms with Crippen LogP contribution < -0.4 is 15.0 Å². The standard InChI is InChI=1S/C15H10BrN3O3S/c1-8-18-14-10(2-3-23-14)15(20)19(8)17-6-9-4-11(16)13-12(5-9)21-7-22-13/h2-6H,7H2,1H3. The van der Waals surface area contributed by atoms with Crippen LogP contribution >= 0.6 is 27.3 Å². The molecule has 1 aliphatic heterocycles. The first-order chi connectivity index (χ1) is 11.1. The average Bonchev–Trinajstić information content (AvgIpc) is 3.15. The summed E-state index contributed by atoms with van der Waals surface area (Å²) >= 11 is 4.88. The first-order valence-corrected chi connectivity index (χ1v) is 8.41. The number of ether oxygens (including phenoxy) is 2. The monoisotopic (exact) mass is 391 g/mol. The van der Waals surface area contributed by atoms with Gasteiger partial charge in [0.05, 0.1) is 16.1 Å². The van der Waals surface area contributed by atoms with Crippen molar-refractivity contribution in [3.05, 3.63) is 49.8 Å². The van der Waals surface area contributed by atoms with E-state index in [0.717, 1.165) is 14.9 Å². The van der Waals surface area contributed by atoms with E-state index in [0.29, 0.717) is 22.7 Å². The molecule has 0 bridgehead atoms.